The minimum Gasteiger partial charge on any atom is -0.326 e. The molecule has 0 unspecified atom stereocenters. The largest absolute Gasteiger partial charge is 0.326 e. The highest BCUT2D eigenvalue weighted by molar-refractivity contribution is 5.81. The summed E-state index contributed by atoms with van der Waals surface area (Å²) in [6, 6.07) is 9.60. The van der Waals surface area contributed by atoms with Gasteiger partial charge in [-0.3, -0.25) is 4.79 Å². The first-order valence-electron chi connectivity index (χ1n) is 7.00. The van der Waals surface area contributed by atoms with E-state index >= 15 is 0 Å². The predicted octanol–water partition coefficient (Wildman–Crippen LogP) is 1.88. The summed E-state index contributed by atoms with van der Waals surface area (Å²) in [6.45, 7) is 3.36. The van der Waals surface area contributed by atoms with E-state index in [0.29, 0.717) is 6.54 Å². The number of fused-ring (bicyclic) bond motifs is 1. The Labute approximate surface area is 122 Å². The van der Waals surface area contributed by atoms with Crippen molar-refractivity contribution in [3.05, 3.63) is 52.4 Å². The van der Waals surface area contributed by atoms with Crippen LogP contribution in [0.3, 0.4) is 0 Å². The first-order valence-corrected chi connectivity index (χ1v) is 7.00. The summed E-state index contributed by atoms with van der Waals surface area (Å²) in [5.41, 5.74) is 9.52. The summed E-state index contributed by atoms with van der Waals surface area (Å²) in [5.74, 6) is 0.819. The SMILES string of the molecule is CCn1c(-c2ccn(C)c(=O)c2)nc2cc(CN)ccc21. The number of nitrogens with zero attached hydrogens (tertiary/aromatic N) is 3. The molecule has 2 heterocycles. The van der Waals surface area contributed by atoms with Crippen LogP contribution in [0.2, 0.25) is 0 Å². The van der Waals surface area contributed by atoms with Gasteiger partial charge in [-0.1, -0.05) is 6.07 Å². The Morgan fingerprint density at radius 3 is 2.71 bits per heavy atom. The molecule has 0 amide bonds. The van der Waals surface area contributed by atoms with Crippen molar-refractivity contribution in [2.75, 3.05) is 0 Å². The molecular formula is C16H18N4O. The number of imidazole rings is 1. The summed E-state index contributed by atoms with van der Waals surface area (Å²) >= 11 is 0. The minimum absolute atomic E-state index is 0.0372. The maximum absolute atomic E-state index is 11.8. The lowest BCUT2D eigenvalue weighted by molar-refractivity contribution is 0.793. The van der Waals surface area contributed by atoms with Gasteiger partial charge in [0, 0.05) is 38.0 Å². The van der Waals surface area contributed by atoms with Gasteiger partial charge in [-0.25, -0.2) is 4.98 Å². The molecule has 5 heteroatoms. The summed E-state index contributed by atoms with van der Waals surface area (Å²) in [4.78, 5) is 16.5. The summed E-state index contributed by atoms with van der Waals surface area (Å²) in [6.07, 6.45) is 1.77. The number of rotatable bonds is 3. The van der Waals surface area contributed by atoms with Crippen molar-refractivity contribution < 1.29 is 0 Å². The molecule has 21 heavy (non-hydrogen) atoms. The molecule has 0 fully saturated rings. The third-order valence-corrected chi connectivity index (χ3v) is 3.73. The van der Waals surface area contributed by atoms with Gasteiger partial charge >= 0.3 is 0 Å². The van der Waals surface area contributed by atoms with Crippen LogP contribution in [-0.2, 0) is 20.1 Å². The molecule has 0 aliphatic carbocycles. The number of aromatic nitrogens is 3. The van der Waals surface area contributed by atoms with E-state index in [1.807, 2.05) is 24.3 Å². The van der Waals surface area contributed by atoms with E-state index in [1.165, 1.54) is 0 Å². The lowest BCUT2D eigenvalue weighted by Gasteiger charge is -2.06. The third kappa shape index (κ3) is 2.25. The van der Waals surface area contributed by atoms with Gasteiger partial charge in [0.15, 0.2) is 0 Å². The second kappa shape index (κ2) is 5.18. The maximum atomic E-state index is 11.8. The number of aryl methyl sites for hydroxylation is 2. The molecule has 0 bridgehead atoms. The topological polar surface area (TPSA) is 65.8 Å². The summed E-state index contributed by atoms with van der Waals surface area (Å²) in [7, 11) is 1.74. The predicted molar refractivity (Wildman–Crippen MR) is 84.0 cm³/mol. The van der Waals surface area contributed by atoms with Crippen molar-refractivity contribution >= 4 is 11.0 Å². The number of benzene rings is 1. The molecule has 0 saturated carbocycles. The zero-order valence-electron chi connectivity index (χ0n) is 12.2. The zero-order valence-corrected chi connectivity index (χ0v) is 12.2. The molecule has 0 aliphatic rings. The van der Waals surface area contributed by atoms with Gasteiger partial charge in [-0.05, 0) is 30.7 Å². The van der Waals surface area contributed by atoms with E-state index in [9.17, 15) is 4.79 Å². The molecule has 3 rings (SSSR count). The van der Waals surface area contributed by atoms with Crippen LogP contribution in [0.15, 0.2) is 41.3 Å². The monoisotopic (exact) mass is 282 g/mol. The molecule has 0 spiro atoms. The van der Waals surface area contributed by atoms with E-state index in [1.54, 1.807) is 23.9 Å². The minimum atomic E-state index is -0.0372. The zero-order chi connectivity index (χ0) is 15.0. The Morgan fingerprint density at radius 2 is 2.05 bits per heavy atom. The molecule has 108 valence electrons. The van der Waals surface area contributed by atoms with Gasteiger partial charge in [-0.2, -0.15) is 0 Å². The molecular weight excluding hydrogens is 264 g/mol. The van der Waals surface area contributed by atoms with Crippen molar-refractivity contribution in [1.82, 2.24) is 14.1 Å². The Kier molecular flexibility index (Phi) is 3.35. The van der Waals surface area contributed by atoms with Crippen molar-refractivity contribution in [3.63, 3.8) is 0 Å². The fraction of sp³-hybridized carbons (Fsp3) is 0.250. The first kappa shape index (κ1) is 13.6. The Balaban J connectivity index is 2.25. The highest BCUT2D eigenvalue weighted by Crippen LogP contribution is 2.24. The van der Waals surface area contributed by atoms with Gasteiger partial charge < -0.3 is 14.9 Å². The third-order valence-electron chi connectivity index (χ3n) is 3.73. The normalized spacial score (nSPS) is 11.2. The molecule has 0 saturated heterocycles. The average molecular weight is 282 g/mol. The number of nitrogens with two attached hydrogens (primary N) is 1. The van der Waals surface area contributed by atoms with Crippen LogP contribution >= 0.6 is 0 Å². The van der Waals surface area contributed by atoms with Crippen molar-refractivity contribution in [2.45, 2.75) is 20.0 Å². The van der Waals surface area contributed by atoms with Gasteiger partial charge in [0.25, 0.3) is 5.56 Å². The van der Waals surface area contributed by atoms with Gasteiger partial charge in [0.1, 0.15) is 5.82 Å². The quantitative estimate of drug-likeness (QED) is 0.797. The Morgan fingerprint density at radius 1 is 1.24 bits per heavy atom. The molecule has 2 aromatic heterocycles. The van der Waals surface area contributed by atoms with Crippen LogP contribution < -0.4 is 11.3 Å². The summed E-state index contributed by atoms with van der Waals surface area (Å²) < 4.78 is 3.67. The molecule has 0 radical (unpaired) electrons. The van der Waals surface area contributed by atoms with E-state index in [4.69, 9.17) is 10.7 Å². The summed E-state index contributed by atoms with van der Waals surface area (Å²) in [5, 5.41) is 0. The van der Waals surface area contributed by atoms with Crippen LogP contribution in [0.5, 0.6) is 0 Å². The van der Waals surface area contributed by atoms with Crippen LogP contribution in [0.4, 0.5) is 0 Å². The smallest absolute Gasteiger partial charge is 0.250 e. The first-order chi connectivity index (χ1) is 10.1. The van der Waals surface area contributed by atoms with Crippen LogP contribution in [0.25, 0.3) is 22.4 Å². The second-order valence-corrected chi connectivity index (χ2v) is 5.07. The van der Waals surface area contributed by atoms with Crippen LogP contribution in [-0.4, -0.2) is 14.1 Å². The molecule has 0 aliphatic heterocycles. The fourth-order valence-electron chi connectivity index (χ4n) is 2.53. The number of hydrogen-bond acceptors (Lipinski definition) is 3. The number of hydrogen-bond donors (Lipinski definition) is 1. The van der Waals surface area contributed by atoms with Crippen molar-refractivity contribution in [3.8, 4) is 11.4 Å². The molecule has 2 N–H and O–H groups in total. The fourth-order valence-corrected chi connectivity index (χ4v) is 2.53. The molecule has 3 aromatic rings. The number of pyridine rings is 1. The Bertz CT molecular complexity index is 860. The second-order valence-electron chi connectivity index (χ2n) is 5.07. The van der Waals surface area contributed by atoms with E-state index < -0.39 is 0 Å². The highest BCUT2D eigenvalue weighted by atomic mass is 16.1. The maximum Gasteiger partial charge on any atom is 0.250 e. The van der Waals surface area contributed by atoms with Gasteiger partial charge in [-0.15, -0.1) is 0 Å². The molecule has 5 nitrogen and oxygen atoms in total. The van der Waals surface area contributed by atoms with Crippen LogP contribution in [0, 0.1) is 0 Å². The lowest BCUT2D eigenvalue weighted by atomic mass is 10.2. The Hall–Kier alpha value is -2.40. The molecule has 0 atom stereocenters. The van der Waals surface area contributed by atoms with Gasteiger partial charge in [0.05, 0.1) is 11.0 Å². The van der Waals surface area contributed by atoms with Crippen molar-refractivity contribution in [2.24, 2.45) is 12.8 Å². The lowest BCUT2D eigenvalue weighted by Crippen LogP contribution is -2.14. The van der Waals surface area contributed by atoms with E-state index in [-0.39, 0.29) is 5.56 Å². The average Bonchev–Trinajstić information content (AvgIpc) is 2.87. The van der Waals surface area contributed by atoms with E-state index in [2.05, 4.69) is 11.5 Å². The highest BCUT2D eigenvalue weighted by Gasteiger charge is 2.12. The van der Waals surface area contributed by atoms with Crippen molar-refractivity contribution in [1.29, 1.82) is 0 Å². The standard InChI is InChI=1S/C16H18N4O/c1-3-20-14-5-4-11(10-17)8-13(14)18-16(20)12-6-7-19(2)15(21)9-12/h4-9H,3,10,17H2,1-2H3. The molecule has 1 aromatic carbocycles. The van der Waals surface area contributed by atoms with Gasteiger partial charge in [0.2, 0.25) is 0 Å². The van der Waals surface area contributed by atoms with E-state index in [0.717, 1.165) is 34.5 Å². The van der Waals surface area contributed by atoms with Crippen LogP contribution in [0.1, 0.15) is 12.5 Å².